The van der Waals surface area contributed by atoms with Gasteiger partial charge < -0.3 is 24.0 Å². The van der Waals surface area contributed by atoms with E-state index in [0.717, 1.165) is 4.56 Å². The van der Waals surface area contributed by atoms with Crippen LogP contribution in [0.2, 0.25) is 0 Å². The summed E-state index contributed by atoms with van der Waals surface area (Å²) in [7, 11) is 0. The van der Waals surface area contributed by atoms with E-state index in [0.29, 0.717) is 27.5 Å². The van der Waals surface area contributed by atoms with Gasteiger partial charge in [-0.25, -0.2) is 9.78 Å². The smallest absolute Gasteiger partial charge is 0.426 e. The summed E-state index contributed by atoms with van der Waals surface area (Å²) in [5, 5.41) is 19.4. The Kier molecular flexibility index (Phi) is 6.07. The summed E-state index contributed by atoms with van der Waals surface area (Å²) >= 11 is 0.576. The Morgan fingerprint density at radius 2 is 2.10 bits per heavy atom. The fourth-order valence-corrected chi connectivity index (χ4v) is 3.52. The van der Waals surface area contributed by atoms with Crippen molar-refractivity contribution in [3.05, 3.63) is 35.5 Å². The molecule has 0 aromatic carbocycles. The van der Waals surface area contributed by atoms with Crippen molar-refractivity contribution < 1.29 is 32.2 Å². The molecule has 3 aromatic heterocycles. The Labute approximate surface area is 176 Å². The molecule has 0 bridgehead atoms. The van der Waals surface area contributed by atoms with Gasteiger partial charge in [0.25, 0.3) is 22.2 Å². The van der Waals surface area contributed by atoms with Gasteiger partial charge >= 0.3 is 18.2 Å². The molecule has 0 fully saturated rings. The van der Waals surface area contributed by atoms with Gasteiger partial charge in [0, 0.05) is 12.7 Å². The molecule has 3 aromatic rings. The van der Waals surface area contributed by atoms with Crippen molar-refractivity contribution in [1.29, 1.82) is 0 Å². The fraction of sp³-hybridized carbons (Fsp3) is 0.412. The van der Waals surface area contributed by atoms with Crippen molar-refractivity contribution in [3.8, 4) is 0 Å². The van der Waals surface area contributed by atoms with Gasteiger partial charge in [0.05, 0.1) is 6.61 Å². The lowest BCUT2D eigenvalue weighted by Crippen LogP contribution is -2.42. The van der Waals surface area contributed by atoms with E-state index >= 15 is 0 Å². The number of hydrogen-bond donors (Lipinski definition) is 2. The van der Waals surface area contributed by atoms with E-state index in [4.69, 9.17) is 9.15 Å². The van der Waals surface area contributed by atoms with Gasteiger partial charge in [-0.15, -0.1) is 5.10 Å². The van der Waals surface area contributed by atoms with Crippen molar-refractivity contribution in [2.75, 3.05) is 11.9 Å². The number of anilines is 1. The lowest BCUT2D eigenvalue weighted by Gasteiger charge is -2.25. The summed E-state index contributed by atoms with van der Waals surface area (Å²) < 4.78 is 51.8. The Bertz CT molecular complexity index is 1070. The number of rotatable bonds is 7. The SMILES string of the molecule is CCOC(=O)c1nc2cc(CNc3nnc(C(O)(CC)C(F)(F)F)o3)ccn2[c]1[AlH2]. The number of aliphatic hydroxyl groups is 1. The van der Waals surface area contributed by atoms with E-state index in [1.807, 2.05) is 0 Å². The maximum Gasteiger partial charge on any atom is 0.426 e. The summed E-state index contributed by atoms with van der Waals surface area (Å²) in [6.45, 7) is 3.27. The van der Waals surface area contributed by atoms with E-state index in [1.54, 1.807) is 29.7 Å². The monoisotopic (exact) mass is 441 g/mol. The predicted molar refractivity (Wildman–Crippen MR) is 101 cm³/mol. The van der Waals surface area contributed by atoms with Gasteiger partial charge in [-0.1, -0.05) is 12.0 Å². The lowest BCUT2D eigenvalue weighted by atomic mass is 10.0. The largest absolute Gasteiger partial charge is 0.461 e. The quantitative estimate of drug-likeness (QED) is 0.411. The second-order valence-corrected chi connectivity index (χ2v) is 7.45. The molecule has 0 radical (unpaired) electrons. The standard InChI is InChI=1S/C17H17F3N5O4.Al.2H/c1-3-16(27,17(18,19)20)14-23-24-15(29-14)21-8-10-5-6-25-9-11(13(26)28-4-2)22-12(25)7-10;;;/h5-7,27H,3-4,8H2,1-2H3,(H,21,24);;;. The summed E-state index contributed by atoms with van der Waals surface area (Å²) in [5.41, 5.74) is -1.70. The first-order valence-electron chi connectivity index (χ1n) is 9.12. The van der Waals surface area contributed by atoms with Crippen molar-refractivity contribution in [3.63, 3.8) is 0 Å². The number of alkyl halides is 3. The fourth-order valence-electron chi connectivity index (χ4n) is 2.82. The molecule has 0 aliphatic carbocycles. The average Bonchev–Trinajstić information content (AvgIpc) is 3.30. The number of fused-ring (bicyclic) bond motifs is 1. The summed E-state index contributed by atoms with van der Waals surface area (Å²) in [4.78, 5) is 16.3. The molecule has 3 rings (SSSR count). The summed E-state index contributed by atoms with van der Waals surface area (Å²) in [6, 6.07) is 3.21. The van der Waals surface area contributed by atoms with E-state index < -0.39 is 30.1 Å². The first-order valence-corrected chi connectivity index (χ1v) is 10.1. The molecule has 0 saturated carbocycles. The zero-order valence-corrected chi connectivity index (χ0v) is 18.4. The van der Waals surface area contributed by atoms with Crippen LogP contribution in [-0.2, 0) is 16.9 Å². The molecule has 9 nitrogen and oxygen atoms in total. The molecule has 0 saturated heterocycles. The molecule has 1 unspecified atom stereocenters. The van der Waals surface area contributed by atoms with Crippen LogP contribution in [0.15, 0.2) is 22.7 Å². The van der Waals surface area contributed by atoms with Crippen LogP contribution in [-0.4, -0.2) is 59.7 Å². The van der Waals surface area contributed by atoms with E-state index in [2.05, 4.69) is 20.5 Å². The predicted octanol–water partition coefficient (Wildman–Crippen LogP) is 0.924. The first kappa shape index (κ1) is 22.1. The van der Waals surface area contributed by atoms with Crippen LogP contribution in [0.3, 0.4) is 0 Å². The Morgan fingerprint density at radius 3 is 2.73 bits per heavy atom. The molecular formula is C17H19AlF3N5O4. The van der Waals surface area contributed by atoms with Crippen molar-refractivity contribution in [2.24, 2.45) is 0 Å². The normalized spacial score (nSPS) is 13.9. The molecule has 160 valence electrons. The van der Waals surface area contributed by atoms with Crippen molar-refractivity contribution >= 4 is 38.5 Å². The van der Waals surface area contributed by atoms with Gasteiger partial charge in [-0.05, 0) is 35.6 Å². The zero-order chi connectivity index (χ0) is 22.1. The van der Waals surface area contributed by atoms with Crippen LogP contribution < -0.4 is 9.87 Å². The molecule has 0 amide bonds. The molecule has 13 heteroatoms. The van der Waals surface area contributed by atoms with Crippen LogP contribution in [0.1, 0.15) is 42.2 Å². The number of pyridine rings is 1. The van der Waals surface area contributed by atoms with Gasteiger partial charge in [0.15, 0.2) is 5.69 Å². The minimum atomic E-state index is -4.95. The highest BCUT2D eigenvalue weighted by Gasteiger charge is 2.57. The second kappa shape index (κ2) is 8.25. The highest BCUT2D eigenvalue weighted by molar-refractivity contribution is 6.35. The van der Waals surface area contributed by atoms with E-state index in [9.17, 15) is 23.1 Å². The molecule has 3 heterocycles. The first-order chi connectivity index (χ1) is 14.1. The number of carbonyl (C=O) groups is 1. The number of esters is 1. The van der Waals surface area contributed by atoms with E-state index in [1.165, 1.54) is 6.92 Å². The maximum atomic E-state index is 13.1. The van der Waals surface area contributed by atoms with Crippen molar-refractivity contribution in [2.45, 2.75) is 38.6 Å². The van der Waals surface area contributed by atoms with Crippen LogP contribution in [0.5, 0.6) is 0 Å². The summed E-state index contributed by atoms with van der Waals surface area (Å²) in [5.74, 6) is -1.42. The second-order valence-electron chi connectivity index (χ2n) is 6.51. The highest BCUT2D eigenvalue weighted by atomic mass is 27.0. The molecular weight excluding hydrogens is 422 g/mol. The number of hydrogen-bond acceptors (Lipinski definition) is 8. The topological polar surface area (TPSA) is 115 Å². The number of ether oxygens (including phenoxy) is 1. The summed E-state index contributed by atoms with van der Waals surface area (Å²) in [6.07, 6.45) is -3.88. The number of aromatic nitrogens is 4. The number of nitrogens with zero attached hydrogens (tertiary/aromatic N) is 4. The average molecular weight is 441 g/mol. The number of nitrogens with one attached hydrogen (secondary N) is 1. The van der Waals surface area contributed by atoms with Crippen molar-refractivity contribution in [1.82, 2.24) is 19.6 Å². The molecule has 0 aliphatic heterocycles. The Balaban J connectivity index is 1.77. The van der Waals surface area contributed by atoms with Crippen LogP contribution in [0.25, 0.3) is 5.65 Å². The van der Waals surface area contributed by atoms with Gasteiger partial charge in [0.2, 0.25) is 5.60 Å². The third kappa shape index (κ3) is 4.00. The molecule has 2 N–H and O–H groups in total. The van der Waals surface area contributed by atoms with Crippen LogP contribution in [0, 0.1) is 0 Å². The minimum Gasteiger partial charge on any atom is -0.461 e. The lowest BCUT2D eigenvalue weighted by molar-refractivity contribution is -0.275. The maximum absolute atomic E-state index is 13.1. The molecule has 0 aliphatic rings. The number of imidazole rings is 1. The van der Waals surface area contributed by atoms with E-state index in [-0.39, 0.29) is 24.9 Å². The van der Waals surface area contributed by atoms with Gasteiger partial charge in [0.1, 0.15) is 5.65 Å². The molecule has 1 atom stereocenters. The molecule has 0 spiro atoms. The van der Waals surface area contributed by atoms with Crippen LogP contribution >= 0.6 is 0 Å². The Morgan fingerprint density at radius 1 is 1.37 bits per heavy atom. The molecule has 30 heavy (non-hydrogen) atoms. The third-order valence-corrected chi connectivity index (χ3v) is 5.56. The highest BCUT2D eigenvalue weighted by Crippen LogP contribution is 2.41. The van der Waals surface area contributed by atoms with Gasteiger partial charge in [-0.2, -0.15) is 13.2 Å². The Hall–Kier alpha value is -2.62. The van der Waals surface area contributed by atoms with Crippen LogP contribution in [0.4, 0.5) is 19.2 Å². The zero-order valence-electron chi connectivity index (χ0n) is 16.4. The third-order valence-electron chi connectivity index (χ3n) is 4.60. The van der Waals surface area contributed by atoms with Gasteiger partial charge in [-0.3, -0.25) is 0 Å². The number of carbonyl (C=O) groups excluding carboxylic acids is 1. The minimum absolute atomic E-state index is 0.146. The number of halogens is 3.